The molecule has 0 bridgehead atoms. The number of amides is 1. The van der Waals surface area contributed by atoms with Gasteiger partial charge in [0.2, 0.25) is 0 Å². The SMILES string of the molecule is COCc1ccc(C(=O)NC[C@H](O)CC(C)C)cc1. The Morgan fingerprint density at radius 2 is 1.95 bits per heavy atom. The minimum Gasteiger partial charge on any atom is -0.391 e. The van der Waals surface area contributed by atoms with E-state index in [-0.39, 0.29) is 12.5 Å². The summed E-state index contributed by atoms with van der Waals surface area (Å²) in [5.74, 6) is 0.256. The molecule has 0 aliphatic heterocycles. The molecular weight excluding hydrogens is 242 g/mol. The van der Waals surface area contributed by atoms with Crippen LogP contribution in [0.5, 0.6) is 0 Å². The van der Waals surface area contributed by atoms with Crippen LogP contribution in [0.1, 0.15) is 36.2 Å². The van der Waals surface area contributed by atoms with E-state index in [1.165, 1.54) is 0 Å². The second-order valence-electron chi connectivity index (χ2n) is 5.12. The fourth-order valence-corrected chi connectivity index (χ4v) is 1.86. The first kappa shape index (κ1) is 15.7. The van der Waals surface area contributed by atoms with Gasteiger partial charge in [0.1, 0.15) is 0 Å². The lowest BCUT2D eigenvalue weighted by molar-refractivity contribution is 0.0900. The minimum absolute atomic E-state index is 0.160. The van der Waals surface area contributed by atoms with E-state index in [1.54, 1.807) is 19.2 Å². The third-order valence-electron chi connectivity index (χ3n) is 2.77. The van der Waals surface area contributed by atoms with E-state index in [0.717, 1.165) is 5.56 Å². The van der Waals surface area contributed by atoms with Crippen LogP contribution < -0.4 is 5.32 Å². The van der Waals surface area contributed by atoms with E-state index in [1.807, 2.05) is 26.0 Å². The Morgan fingerprint density at radius 1 is 1.32 bits per heavy atom. The van der Waals surface area contributed by atoms with Gasteiger partial charge < -0.3 is 15.2 Å². The number of aliphatic hydroxyl groups excluding tert-OH is 1. The number of hydrogen-bond acceptors (Lipinski definition) is 3. The summed E-state index contributed by atoms with van der Waals surface area (Å²) in [6.07, 6.45) is 0.198. The number of aliphatic hydroxyl groups is 1. The molecule has 106 valence electrons. The molecule has 1 amide bonds. The first-order chi connectivity index (χ1) is 9.02. The maximum atomic E-state index is 11.9. The van der Waals surface area contributed by atoms with Crippen molar-refractivity contribution in [1.82, 2.24) is 5.32 Å². The molecule has 0 aliphatic carbocycles. The van der Waals surface area contributed by atoms with Crippen LogP contribution in [0.3, 0.4) is 0 Å². The van der Waals surface area contributed by atoms with E-state index < -0.39 is 6.10 Å². The number of rotatable bonds is 7. The Kier molecular flexibility index (Phi) is 6.53. The van der Waals surface area contributed by atoms with Gasteiger partial charge in [-0.15, -0.1) is 0 Å². The van der Waals surface area contributed by atoms with Crippen LogP contribution in [0.4, 0.5) is 0 Å². The zero-order valence-corrected chi connectivity index (χ0v) is 11.8. The number of hydrogen-bond donors (Lipinski definition) is 2. The quantitative estimate of drug-likeness (QED) is 0.792. The highest BCUT2D eigenvalue weighted by Gasteiger charge is 2.10. The van der Waals surface area contributed by atoms with Gasteiger partial charge in [0.15, 0.2) is 0 Å². The normalized spacial score (nSPS) is 12.5. The lowest BCUT2D eigenvalue weighted by Gasteiger charge is -2.14. The lowest BCUT2D eigenvalue weighted by atomic mass is 10.1. The standard InChI is InChI=1S/C15H23NO3/c1-11(2)8-14(17)9-16-15(18)13-6-4-12(5-7-13)10-19-3/h4-7,11,14,17H,8-10H2,1-3H3,(H,16,18)/t14-/m1/s1. The van der Waals surface area contributed by atoms with Crippen LogP contribution in [0, 0.1) is 5.92 Å². The highest BCUT2D eigenvalue weighted by molar-refractivity contribution is 5.94. The molecule has 0 radical (unpaired) electrons. The Hall–Kier alpha value is -1.39. The summed E-state index contributed by atoms with van der Waals surface area (Å²) in [6, 6.07) is 7.25. The van der Waals surface area contributed by atoms with Crippen molar-refractivity contribution in [1.29, 1.82) is 0 Å². The van der Waals surface area contributed by atoms with E-state index in [2.05, 4.69) is 5.32 Å². The molecule has 1 atom stereocenters. The average molecular weight is 265 g/mol. The van der Waals surface area contributed by atoms with Crippen molar-refractivity contribution in [3.63, 3.8) is 0 Å². The van der Waals surface area contributed by atoms with Gasteiger partial charge in [-0.05, 0) is 30.0 Å². The van der Waals surface area contributed by atoms with Crippen molar-refractivity contribution in [2.75, 3.05) is 13.7 Å². The van der Waals surface area contributed by atoms with Crippen LogP contribution in [0.15, 0.2) is 24.3 Å². The van der Waals surface area contributed by atoms with Gasteiger partial charge >= 0.3 is 0 Å². The topological polar surface area (TPSA) is 58.6 Å². The largest absolute Gasteiger partial charge is 0.391 e. The van der Waals surface area contributed by atoms with Crippen LogP contribution in [0.25, 0.3) is 0 Å². The van der Waals surface area contributed by atoms with Crippen LogP contribution in [-0.2, 0) is 11.3 Å². The van der Waals surface area contributed by atoms with Crippen molar-refractivity contribution in [2.24, 2.45) is 5.92 Å². The number of ether oxygens (including phenoxy) is 1. The van der Waals surface area contributed by atoms with E-state index in [0.29, 0.717) is 24.5 Å². The van der Waals surface area contributed by atoms with Crippen molar-refractivity contribution in [2.45, 2.75) is 33.0 Å². The molecule has 0 saturated heterocycles. The van der Waals surface area contributed by atoms with Gasteiger partial charge in [0, 0.05) is 19.2 Å². The number of carbonyl (C=O) groups is 1. The fourth-order valence-electron chi connectivity index (χ4n) is 1.86. The summed E-state index contributed by atoms with van der Waals surface area (Å²) in [7, 11) is 1.64. The molecule has 4 nitrogen and oxygen atoms in total. The lowest BCUT2D eigenvalue weighted by Crippen LogP contribution is -2.32. The van der Waals surface area contributed by atoms with Crippen molar-refractivity contribution < 1.29 is 14.6 Å². The highest BCUT2D eigenvalue weighted by atomic mass is 16.5. The number of methoxy groups -OCH3 is 1. The maximum absolute atomic E-state index is 11.9. The van der Waals surface area contributed by atoms with E-state index >= 15 is 0 Å². The van der Waals surface area contributed by atoms with Crippen LogP contribution >= 0.6 is 0 Å². The third kappa shape index (κ3) is 5.85. The smallest absolute Gasteiger partial charge is 0.251 e. The van der Waals surface area contributed by atoms with E-state index in [9.17, 15) is 9.90 Å². The van der Waals surface area contributed by atoms with Gasteiger partial charge in [-0.3, -0.25) is 4.79 Å². The molecule has 19 heavy (non-hydrogen) atoms. The molecule has 0 aliphatic rings. The van der Waals surface area contributed by atoms with Gasteiger partial charge in [0.25, 0.3) is 5.91 Å². The summed E-state index contributed by atoms with van der Waals surface area (Å²) >= 11 is 0. The highest BCUT2D eigenvalue weighted by Crippen LogP contribution is 2.06. The van der Waals surface area contributed by atoms with Crippen molar-refractivity contribution in [3.8, 4) is 0 Å². The van der Waals surface area contributed by atoms with E-state index in [4.69, 9.17) is 4.74 Å². The number of carbonyl (C=O) groups excluding carboxylic acids is 1. The number of benzene rings is 1. The monoisotopic (exact) mass is 265 g/mol. The van der Waals surface area contributed by atoms with Crippen LogP contribution in [0.2, 0.25) is 0 Å². The zero-order chi connectivity index (χ0) is 14.3. The van der Waals surface area contributed by atoms with Gasteiger partial charge in [-0.25, -0.2) is 0 Å². The van der Waals surface area contributed by atoms with Crippen molar-refractivity contribution >= 4 is 5.91 Å². The molecule has 0 aromatic heterocycles. The molecule has 4 heteroatoms. The van der Waals surface area contributed by atoms with Gasteiger partial charge in [-0.2, -0.15) is 0 Å². The van der Waals surface area contributed by atoms with Crippen LogP contribution in [-0.4, -0.2) is 30.8 Å². The first-order valence-corrected chi connectivity index (χ1v) is 6.57. The number of nitrogens with one attached hydrogen (secondary N) is 1. The molecule has 0 saturated carbocycles. The fraction of sp³-hybridized carbons (Fsp3) is 0.533. The molecule has 1 aromatic carbocycles. The molecule has 1 aromatic rings. The Bertz CT molecular complexity index is 387. The molecule has 0 unspecified atom stereocenters. The maximum Gasteiger partial charge on any atom is 0.251 e. The molecule has 2 N–H and O–H groups in total. The predicted molar refractivity (Wildman–Crippen MR) is 75.0 cm³/mol. The zero-order valence-electron chi connectivity index (χ0n) is 11.8. The second-order valence-corrected chi connectivity index (χ2v) is 5.12. The Balaban J connectivity index is 2.44. The molecular formula is C15H23NO3. The van der Waals surface area contributed by atoms with Gasteiger partial charge in [0.05, 0.1) is 12.7 Å². The minimum atomic E-state index is -0.489. The summed E-state index contributed by atoms with van der Waals surface area (Å²) in [6.45, 7) is 4.91. The molecule has 0 heterocycles. The summed E-state index contributed by atoms with van der Waals surface area (Å²) in [5, 5.41) is 12.4. The average Bonchev–Trinajstić information content (AvgIpc) is 2.36. The first-order valence-electron chi connectivity index (χ1n) is 6.57. The summed E-state index contributed by atoms with van der Waals surface area (Å²) < 4.78 is 5.01. The molecule has 1 rings (SSSR count). The predicted octanol–water partition coefficient (Wildman–Crippen LogP) is 1.97. The Labute approximate surface area is 114 Å². The van der Waals surface area contributed by atoms with Gasteiger partial charge in [-0.1, -0.05) is 26.0 Å². The molecule has 0 spiro atoms. The Morgan fingerprint density at radius 3 is 2.47 bits per heavy atom. The van der Waals surface area contributed by atoms with Crippen molar-refractivity contribution in [3.05, 3.63) is 35.4 Å². The third-order valence-corrected chi connectivity index (χ3v) is 2.77. The molecule has 0 fully saturated rings. The summed E-state index contributed by atoms with van der Waals surface area (Å²) in [4.78, 5) is 11.9. The summed E-state index contributed by atoms with van der Waals surface area (Å²) in [5.41, 5.74) is 1.62. The second kappa shape index (κ2) is 7.92.